The Morgan fingerprint density at radius 1 is 1.33 bits per heavy atom. The molecule has 78 valence electrons. The van der Waals surface area contributed by atoms with Gasteiger partial charge in [-0.1, -0.05) is 0 Å². The maximum atomic E-state index is 4.15. The van der Waals surface area contributed by atoms with Crippen LogP contribution < -0.4 is 5.32 Å². The SMILES string of the molecule is CC(Cn1ccnc1)Nc1cnccn1. The van der Waals surface area contributed by atoms with E-state index in [1.54, 1.807) is 31.1 Å². The van der Waals surface area contributed by atoms with Gasteiger partial charge in [-0.05, 0) is 6.92 Å². The largest absolute Gasteiger partial charge is 0.365 e. The molecule has 2 heterocycles. The van der Waals surface area contributed by atoms with Gasteiger partial charge in [-0.15, -0.1) is 0 Å². The van der Waals surface area contributed by atoms with Crippen molar-refractivity contribution >= 4 is 5.82 Å². The van der Waals surface area contributed by atoms with Crippen molar-refractivity contribution in [1.82, 2.24) is 19.5 Å². The molecule has 1 unspecified atom stereocenters. The Hall–Kier alpha value is -1.91. The van der Waals surface area contributed by atoms with Crippen molar-refractivity contribution in [2.75, 3.05) is 5.32 Å². The van der Waals surface area contributed by atoms with Gasteiger partial charge in [0.2, 0.25) is 0 Å². The fourth-order valence-electron chi connectivity index (χ4n) is 1.38. The molecule has 0 aromatic carbocycles. The van der Waals surface area contributed by atoms with Crippen LogP contribution in [0.4, 0.5) is 5.82 Å². The lowest BCUT2D eigenvalue weighted by Crippen LogP contribution is -2.21. The van der Waals surface area contributed by atoms with Crippen LogP contribution in [0.1, 0.15) is 6.92 Å². The molecule has 0 saturated heterocycles. The van der Waals surface area contributed by atoms with Crippen molar-refractivity contribution in [2.45, 2.75) is 19.5 Å². The number of nitrogens with zero attached hydrogens (tertiary/aromatic N) is 4. The lowest BCUT2D eigenvalue weighted by molar-refractivity contribution is 0.617. The van der Waals surface area contributed by atoms with Crippen molar-refractivity contribution in [3.05, 3.63) is 37.3 Å². The van der Waals surface area contributed by atoms with Gasteiger partial charge in [0.15, 0.2) is 0 Å². The molecule has 0 aliphatic rings. The van der Waals surface area contributed by atoms with Gasteiger partial charge in [0.05, 0.1) is 12.5 Å². The molecule has 1 atom stereocenters. The Bertz CT molecular complexity index is 383. The Morgan fingerprint density at radius 3 is 2.93 bits per heavy atom. The van der Waals surface area contributed by atoms with Gasteiger partial charge in [-0.3, -0.25) is 4.98 Å². The quantitative estimate of drug-likeness (QED) is 0.810. The average molecular weight is 203 g/mol. The molecule has 2 aromatic rings. The molecular weight excluding hydrogens is 190 g/mol. The van der Waals surface area contributed by atoms with Crippen LogP contribution in [0, 0.1) is 0 Å². The second-order valence-electron chi connectivity index (χ2n) is 3.40. The van der Waals surface area contributed by atoms with Crippen LogP contribution in [0.15, 0.2) is 37.3 Å². The normalized spacial score (nSPS) is 12.3. The zero-order chi connectivity index (χ0) is 10.5. The lowest BCUT2D eigenvalue weighted by atomic mass is 10.3. The maximum absolute atomic E-state index is 4.15. The predicted molar refractivity (Wildman–Crippen MR) is 57.3 cm³/mol. The summed E-state index contributed by atoms with van der Waals surface area (Å²) in [6.07, 6.45) is 10.6. The Labute approximate surface area is 88.2 Å². The second-order valence-corrected chi connectivity index (χ2v) is 3.40. The standard InChI is InChI=1S/C10H13N5/c1-9(7-15-5-4-12-8-15)14-10-6-11-2-3-13-10/h2-6,8-9H,7H2,1H3,(H,13,14). The molecular formula is C10H13N5. The van der Waals surface area contributed by atoms with Gasteiger partial charge in [-0.25, -0.2) is 9.97 Å². The highest BCUT2D eigenvalue weighted by Crippen LogP contribution is 2.02. The summed E-state index contributed by atoms with van der Waals surface area (Å²) in [5, 5.41) is 3.26. The summed E-state index contributed by atoms with van der Waals surface area (Å²) in [7, 11) is 0. The first-order chi connectivity index (χ1) is 7.34. The van der Waals surface area contributed by atoms with E-state index in [4.69, 9.17) is 0 Å². The highest BCUT2D eigenvalue weighted by molar-refractivity contribution is 5.30. The molecule has 0 saturated carbocycles. The summed E-state index contributed by atoms with van der Waals surface area (Å²) in [5.74, 6) is 0.796. The number of hydrogen-bond acceptors (Lipinski definition) is 4. The van der Waals surface area contributed by atoms with Crippen LogP contribution >= 0.6 is 0 Å². The third-order valence-electron chi connectivity index (χ3n) is 2.00. The number of nitrogens with one attached hydrogen (secondary N) is 1. The molecule has 5 heteroatoms. The summed E-state index contributed by atoms with van der Waals surface area (Å²) in [5.41, 5.74) is 0. The molecule has 0 radical (unpaired) electrons. The predicted octanol–water partition coefficient (Wildman–Crippen LogP) is 1.17. The highest BCUT2D eigenvalue weighted by atomic mass is 15.1. The summed E-state index contributed by atoms with van der Waals surface area (Å²) in [6.45, 7) is 2.95. The molecule has 0 bridgehead atoms. The minimum Gasteiger partial charge on any atom is -0.365 e. The van der Waals surface area contributed by atoms with Crippen molar-refractivity contribution < 1.29 is 0 Å². The number of anilines is 1. The van der Waals surface area contributed by atoms with Crippen LogP contribution in [0.25, 0.3) is 0 Å². The van der Waals surface area contributed by atoms with Crippen LogP contribution in [0.5, 0.6) is 0 Å². The lowest BCUT2D eigenvalue weighted by Gasteiger charge is -2.14. The van der Waals surface area contributed by atoms with Gasteiger partial charge < -0.3 is 9.88 Å². The molecule has 0 spiro atoms. The average Bonchev–Trinajstić information content (AvgIpc) is 2.71. The zero-order valence-corrected chi connectivity index (χ0v) is 8.54. The van der Waals surface area contributed by atoms with Gasteiger partial charge in [0.1, 0.15) is 5.82 Å². The fraction of sp³-hybridized carbons (Fsp3) is 0.300. The van der Waals surface area contributed by atoms with E-state index in [9.17, 15) is 0 Å². The van der Waals surface area contributed by atoms with Gasteiger partial charge in [0, 0.05) is 37.4 Å². The third-order valence-corrected chi connectivity index (χ3v) is 2.00. The van der Waals surface area contributed by atoms with Crippen LogP contribution in [-0.2, 0) is 6.54 Å². The van der Waals surface area contributed by atoms with Gasteiger partial charge in [-0.2, -0.15) is 0 Å². The molecule has 1 N–H and O–H groups in total. The number of hydrogen-bond donors (Lipinski definition) is 1. The minimum absolute atomic E-state index is 0.288. The summed E-state index contributed by atoms with van der Waals surface area (Å²) in [4.78, 5) is 12.1. The fourth-order valence-corrected chi connectivity index (χ4v) is 1.38. The van der Waals surface area contributed by atoms with E-state index in [-0.39, 0.29) is 6.04 Å². The summed E-state index contributed by atoms with van der Waals surface area (Å²) < 4.78 is 2.02. The van der Waals surface area contributed by atoms with E-state index in [1.807, 2.05) is 10.8 Å². The highest BCUT2D eigenvalue weighted by Gasteiger charge is 2.02. The van der Waals surface area contributed by atoms with E-state index in [0.717, 1.165) is 12.4 Å². The minimum atomic E-state index is 0.288. The van der Waals surface area contributed by atoms with Crippen molar-refractivity contribution in [3.63, 3.8) is 0 Å². The molecule has 0 amide bonds. The molecule has 0 fully saturated rings. The number of rotatable bonds is 4. The number of aromatic nitrogens is 4. The Kier molecular flexibility index (Phi) is 2.92. The van der Waals surface area contributed by atoms with E-state index >= 15 is 0 Å². The van der Waals surface area contributed by atoms with Crippen LogP contribution in [0.2, 0.25) is 0 Å². The Balaban J connectivity index is 1.90. The molecule has 5 nitrogen and oxygen atoms in total. The Morgan fingerprint density at radius 2 is 2.27 bits per heavy atom. The first kappa shape index (κ1) is 9.64. The van der Waals surface area contributed by atoms with Crippen LogP contribution in [-0.4, -0.2) is 25.6 Å². The zero-order valence-electron chi connectivity index (χ0n) is 8.54. The van der Waals surface area contributed by atoms with E-state index in [0.29, 0.717) is 0 Å². The monoisotopic (exact) mass is 203 g/mol. The van der Waals surface area contributed by atoms with Crippen molar-refractivity contribution in [1.29, 1.82) is 0 Å². The van der Waals surface area contributed by atoms with E-state index in [2.05, 4.69) is 27.2 Å². The van der Waals surface area contributed by atoms with Crippen LogP contribution in [0.3, 0.4) is 0 Å². The third kappa shape index (κ3) is 2.77. The van der Waals surface area contributed by atoms with Gasteiger partial charge >= 0.3 is 0 Å². The van der Waals surface area contributed by atoms with E-state index < -0.39 is 0 Å². The van der Waals surface area contributed by atoms with Gasteiger partial charge in [0.25, 0.3) is 0 Å². The first-order valence-corrected chi connectivity index (χ1v) is 4.83. The molecule has 15 heavy (non-hydrogen) atoms. The van der Waals surface area contributed by atoms with Crippen molar-refractivity contribution in [3.8, 4) is 0 Å². The molecule has 0 aliphatic heterocycles. The topological polar surface area (TPSA) is 55.6 Å². The smallest absolute Gasteiger partial charge is 0.144 e. The molecule has 2 aromatic heterocycles. The summed E-state index contributed by atoms with van der Waals surface area (Å²) >= 11 is 0. The first-order valence-electron chi connectivity index (χ1n) is 4.83. The number of imidazole rings is 1. The molecule has 0 aliphatic carbocycles. The second kappa shape index (κ2) is 4.54. The molecule has 2 rings (SSSR count). The summed E-state index contributed by atoms with van der Waals surface area (Å²) in [6, 6.07) is 0.288. The maximum Gasteiger partial charge on any atom is 0.144 e. The van der Waals surface area contributed by atoms with Crippen molar-refractivity contribution in [2.24, 2.45) is 0 Å². The van der Waals surface area contributed by atoms with E-state index in [1.165, 1.54) is 0 Å².